The molecule has 1 amide bonds. The summed E-state index contributed by atoms with van der Waals surface area (Å²) >= 11 is 0. The maximum Gasteiger partial charge on any atom is 0.259 e. The molecule has 1 N–H and O–H groups in total. The molecule has 20 heavy (non-hydrogen) atoms. The second-order valence-electron chi connectivity index (χ2n) is 5.12. The average molecular weight is 286 g/mol. The van der Waals surface area contributed by atoms with Gasteiger partial charge in [-0.05, 0) is 31.8 Å². The zero-order valence-electron chi connectivity index (χ0n) is 11.3. The van der Waals surface area contributed by atoms with E-state index in [1.54, 1.807) is 0 Å². The first kappa shape index (κ1) is 14.8. The van der Waals surface area contributed by atoms with Gasteiger partial charge in [-0.3, -0.25) is 4.79 Å². The molecule has 1 aliphatic rings. The number of nitrogens with zero attached hydrogens (tertiary/aromatic N) is 1. The Morgan fingerprint density at radius 1 is 1.25 bits per heavy atom. The van der Waals surface area contributed by atoms with Gasteiger partial charge in [0.05, 0.1) is 0 Å². The summed E-state index contributed by atoms with van der Waals surface area (Å²) in [5, 5.41) is 3.21. The van der Waals surface area contributed by atoms with E-state index in [0.717, 1.165) is 25.9 Å². The summed E-state index contributed by atoms with van der Waals surface area (Å²) in [5.41, 5.74) is -0.692. The fraction of sp³-hybridized carbons (Fsp3) is 0.500. The first-order valence-electron chi connectivity index (χ1n) is 6.59. The van der Waals surface area contributed by atoms with Crippen LogP contribution in [0.3, 0.4) is 0 Å². The first-order chi connectivity index (χ1) is 9.49. The summed E-state index contributed by atoms with van der Waals surface area (Å²) in [6.07, 6.45) is 1.85. The molecule has 6 heteroatoms. The molecule has 0 aliphatic carbocycles. The molecule has 1 heterocycles. The van der Waals surface area contributed by atoms with Gasteiger partial charge in [0.25, 0.3) is 5.91 Å². The molecule has 0 atom stereocenters. The Balaban J connectivity index is 2.10. The van der Waals surface area contributed by atoms with E-state index in [9.17, 15) is 18.0 Å². The number of halogens is 3. The lowest BCUT2D eigenvalue weighted by Gasteiger charge is -2.27. The molecule has 0 bridgehead atoms. The number of piperidine rings is 1. The normalized spacial score (nSPS) is 16.2. The van der Waals surface area contributed by atoms with Crippen LogP contribution in [0.2, 0.25) is 0 Å². The topological polar surface area (TPSA) is 32.3 Å². The predicted molar refractivity (Wildman–Crippen MR) is 68.9 cm³/mol. The van der Waals surface area contributed by atoms with Crippen molar-refractivity contribution in [3.63, 3.8) is 0 Å². The lowest BCUT2D eigenvalue weighted by molar-refractivity contribution is 0.0753. The van der Waals surface area contributed by atoms with Gasteiger partial charge in [-0.25, -0.2) is 13.2 Å². The average Bonchev–Trinajstić information content (AvgIpc) is 2.38. The maximum absolute atomic E-state index is 13.6. The summed E-state index contributed by atoms with van der Waals surface area (Å²) in [5.74, 6) is -3.79. The number of benzene rings is 1. The van der Waals surface area contributed by atoms with Crippen molar-refractivity contribution in [3.8, 4) is 0 Å². The smallest absolute Gasteiger partial charge is 0.259 e. The fourth-order valence-electron chi connectivity index (χ4n) is 2.47. The van der Waals surface area contributed by atoms with Crippen LogP contribution in [-0.4, -0.2) is 37.5 Å². The molecule has 1 saturated heterocycles. The van der Waals surface area contributed by atoms with Crippen LogP contribution in [0.1, 0.15) is 23.2 Å². The van der Waals surface area contributed by atoms with Gasteiger partial charge in [0, 0.05) is 25.7 Å². The second-order valence-corrected chi connectivity index (χ2v) is 5.12. The number of hydrogen-bond acceptors (Lipinski definition) is 2. The third kappa shape index (κ3) is 3.30. The van der Waals surface area contributed by atoms with Crippen molar-refractivity contribution in [2.45, 2.75) is 12.8 Å². The SMILES string of the molecule is CN(CC1CCNCC1)C(=O)c1c(F)cc(F)cc1F. The van der Waals surface area contributed by atoms with Crippen molar-refractivity contribution in [1.29, 1.82) is 0 Å². The number of carbonyl (C=O) groups excluding carboxylic acids is 1. The molecule has 0 radical (unpaired) electrons. The second kappa shape index (κ2) is 6.26. The van der Waals surface area contributed by atoms with E-state index in [2.05, 4.69) is 5.32 Å². The molecule has 0 saturated carbocycles. The Morgan fingerprint density at radius 3 is 2.35 bits per heavy atom. The van der Waals surface area contributed by atoms with Crippen molar-refractivity contribution in [3.05, 3.63) is 35.1 Å². The Hall–Kier alpha value is -1.56. The molecular formula is C14H17F3N2O. The quantitative estimate of drug-likeness (QED) is 0.923. The van der Waals surface area contributed by atoms with E-state index in [4.69, 9.17) is 0 Å². The standard InChI is InChI=1S/C14H17F3N2O/c1-19(8-9-2-4-18-5-3-9)14(20)13-11(16)6-10(15)7-12(13)17/h6-7,9,18H,2-5,8H2,1H3. The summed E-state index contributed by atoms with van der Waals surface area (Å²) in [4.78, 5) is 13.4. The molecular weight excluding hydrogens is 269 g/mol. The molecule has 1 aromatic rings. The maximum atomic E-state index is 13.6. The molecule has 1 aliphatic heterocycles. The Bertz CT molecular complexity index is 478. The highest BCUT2D eigenvalue weighted by molar-refractivity contribution is 5.94. The monoisotopic (exact) mass is 286 g/mol. The molecule has 1 aromatic carbocycles. The summed E-state index contributed by atoms with van der Waals surface area (Å²) in [7, 11) is 1.51. The zero-order valence-corrected chi connectivity index (χ0v) is 11.3. The minimum absolute atomic E-state index is 0.316. The molecule has 110 valence electrons. The molecule has 3 nitrogen and oxygen atoms in total. The minimum atomic E-state index is -1.16. The lowest BCUT2D eigenvalue weighted by Crippen LogP contribution is -2.37. The van der Waals surface area contributed by atoms with Crippen LogP contribution in [0.5, 0.6) is 0 Å². The van der Waals surface area contributed by atoms with Crippen LogP contribution >= 0.6 is 0 Å². The largest absolute Gasteiger partial charge is 0.341 e. The third-order valence-electron chi connectivity index (χ3n) is 3.56. The number of carbonyl (C=O) groups is 1. The van der Waals surface area contributed by atoms with Crippen LogP contribution in [-0.2, 0) is 0 Å². The summed E-state index contributed by atoms with van der Waals surface area (Å²) in [6.45, 7) is 2.20. The molecule has 2 rings (SSSR count). The first-order valence-corrected chi connectivity index (χ1v) is 6.59. The highest BCUT2D eigenvalue weighted by Gasteiger charge is 2.24. The van der Waals surface area contributed by atoms with Crippen molar-refractivity contribution in [2.24, 2.45) is 5.92 Å². The zero-order chi connectivity index (χ0) is 14.7. The molecule has 0 spiro atoms. The molecule has 0 aromatic heterocycles. The van der Waals surface area contributed by atoms with E-state index in [1.165, 1.54) is 11.9 Å². The van der Waals surface area contributed by atoms with Gasteiger partial charge >= 0.3 is 0 Å². The fourth-order valence-corrected chi connectivity index (χ4v) is 2.47. The Labute approximate surface area is 115 Å². The highest BCUT2D eigenvalue weighted by atomic mass is 19.1. The number of nitrogens with one attached hydrogen (secondary N) is 1. The van der Waals surface area contributed by atoms with Gasteiger partial charge in [0.15, 0.2) is 0 Å². The van der Waals surface area contributed by atoms with Crippen LogP contribution in [0.25, 0.3) is 0 Å². The van der Waals surface area contributed by atoms with E-state index >= 15 is 0 Å². The number of hydrogen-bond donors (Lipinski definition) is 1. The van der Waals surface area contributed by atoms with Gasteiger partial charge < -0.3 is 10.2 Å². The van der Waals surface area contributed by atoms with Crippen molar-refractivity contribution < 1.29 is 18.0 Å². The Morgan fingerprint density at radius 2 is 1.80 bits per heavy atom. The third-order valence-corrected chi connectivity index (χ3v) is 3.56. The number of amides is 1. The molecule has 1 fully saturated rings. The van der Waals surface area contributed by atoms with Gasteiger partial charge in [0.1, 0.15) is 23.0 Å². The Kier molecular flexibility index (Phi) is 4.65. The van der Waals surface area contributed by atoms with E-state index in [0.29, 0.717) is 24.6 Å². The number of rotatable bonds is 3. The predicted octanol–water partition coefficient (Wildman–Crippen LogP) is 2.18. The van der Waals surface area contributed by atoms with Crippen LogP contribution in [0, 0.1) is 23.4 Å². The van der Waals surface area contributed by atoms with Gasteiger partial charge in [0.2, 0.25) is 0 Å². The lowest BCUT2D eigenvalue weighted by atomic mass is 9.97. The van der Waals surface area contributed by atoms with Crippen LogP contribution in [0.15, 0.2) is 12.1 Å². The van der Waals surface area contributed by atoms with Crippen molar-refractivity contribution in [1.82, 2.24) is 10.2 Å². The van der Waals surface area contributed by atoms with E-state index < -0.39 is 28.9 Å². The van der Waals surface area contributed by atoms with Crippen molar-refractivity contribution >= 4 is 5.91 Å². The van der Waals surface area contributed by atoms with E-state index in [1.807, 2.05) is 0 Å². The van der Waals surface area contributed by atoms with Crippen LogP contribution in [0.4, 0.5) is 13.2 Å². The summed E-state index contributed by atoms with van der Waals surface area (Å²) in [6, 6.07) is 1.05. The summed E-state index contributed by atoms with van der Waals surface area (Å²) < 4.78 is 40.0. The molecule has 0 unspecified atom stereocenters. The highest BCUT2D eigenvalue weighted by Crippen LogP contribution is 2.19. The van der Waals surface area contributed by atoms with Crippen molar-refractivity contribution in [2.75, 3.05) is 26.7 Å². The van der Waals surface area contributed by atoms with Gasteiger partial charge in [-0.2, -0.15) is 0 Å². The van der Waals surface area contributed by atoms with Crippen LogP contribution < -0.4 is 5.32 Å². The minimum Gasteiger partial charge on any atom is -0.341 e. The van der Waals surface area contributed by atoms with Gasteiger partial charge in [-0.15, -0.1) is 0 Å². The van der Waals surface area contributed by atoms with Gasteiger partial charge in [-0.1, -0.05) is 0 Å². The van der Waals surface area contributed by atoms with E-state index in [-0.39, 0.29) is 0 Å².